The van der Waals surface area contributed by atoms with E-state index in [9.17, 15) is 4.79 Å². The lowest BCUT2D eigenvalue weighted by Gasteiger charge is -2.15. The summed E-state index contributed by atoms with van der Waals surface area (Å²) in [7, 11) is 1.60. The third-order valence-electron chi connectivity index (χ3n) is 4.33. The van der Waals surface area contributed by atoms with Crippen LogP contribution in [0.5, 0.6) is 11.5 Å². The van der Waals surface area contributed by atoms with E-state index in [1.807, 2.05) is 43.3 Å². The quantitative estimate of drug-likeness (QED) is 0.484. The number of rotatable bonds is 6. The van der Waals surface area contributed by atoms with Crippen molar-refractivity contribution >= 4 is 34.5 Å². The molecule has 0 aliphatic rings. The fraction of sp³-hybridized carbons (Fsp3) is 0.182. The Morgan fingerprint density at radius 1 is 1.14 bits per heavy atom. The van der Waals surface area contributed by atoms with Gasteiger partial charge in [-0.1, -0.05) is 41.9 Å². The molecule has 1 unspecified atom stereocenters. The van der Waals surface area contributed by atoms with Crippen LogP contribution in [0.25, 0.3) is 10.8 Å². The minimum Gasteiger partial charge on any atom is -0.496 e. The summed E-state index contributed by atoms with van der Waals surface area (Å²) < 4.78 is 11.1. The Kier molecular flexibility index (Phi) is 6.16. The first kappa shape index (κ1) is 19.7. The molecule has 0 radical (unpaired) electrons. The van der Waals surface area contributed by atoms with Crippen LogP contribution in [0.15, 0.2) is 59.7 Å². The van der Waals surface area contributed by atoms with Crippen LogP contribution in [0.4, 0.5) is 0 Å². The molecule has 3 aromatic carbocycles. The topological polar surface area (TPSA) is 59.9 Å². The van der Waals surface area contributed by atoms with Crippen LogP contribution < -0.4 is 14.9 Å². The zero-order valence-electron chi connectivity index (χ0n) is 15.9. The molecule has 1 N–H and O–H groups in total. The van der Waals surface area contributed by atoms with Crippen LogP contribution in [-0.2, 0) is 4.79 Å². The Hall–Kier alpha value is -3.05. The van der Waals surface area contributed by atoms with Crippen LogP contribution >= 0.6 is 11.6 Å². The first-order valence-electron chi connectivity index (χ1n) is 8.81. The molecule has 0 heterocycles. The highest BCUT2D eigenvalue weighted by Gasteiger charge is 2.15. The summed E-state index contributed by atoms with van der Waals surface area (Å²) >= 11 is 5.94. The second-order valence-corrected chi connectivity index (χ2v) is 6.74. The van der Waals surface area contributed by atoms with Gasteiger partial charge in [0.1, 0.15) is 11.5 Å². The number of nitrogens with one attached hydrogen (secondary N) is 1. The second-order valence-electron chi connectivity index (χ2n) is 6.31. The number of halogens is 1. The number of benzene rings is 3. The van der Waals surface area contributed by atoms with Gasteiger partial charge in [0, 0.05) is 10.6 Å². The number of fused-ring (bicyclic) bond motifs is 1. The summed E-state index contributed by atoms with van der Waals surface area (Å²) in [5.41, 5.74) is 4.17. The average molecular weight is 397 g/mol. The molecule has 0 saturated heterocycles. The average Bonchev–Trinajstić information content (AvgIpc) is 2.69. The molecule has 28 heavy (non-hydrogen) atoms. The fourth-order valence-corrected chi connectivity index (χ4v) is 3.05. The summed E-state index contributed by atoms with van der Waals surface area (Å²) in [5.74, 6) is 0.925. The number of carbonyl (C=O) groups is 1. The van der Waals surface area contributed by atoms with Crippen LogP contribution in [0.3, 0.4) is 0 Å². The molecule has 6 heteroatoms. The zero-order valence-corrected chi connectivity index (χ0v) is 16.7. The zero-order chi connectivity index (χ0) is 20.1. The summed E-state index contributed by atoms with van der Waals surface area (Å²) in [6.45, 7) is 3.54. The Morgan fingerprint density at radius 3 is 2.64 bits per heavy atom. The highest BCUT2D eigenvalue weighted by molar-refractivity contribution is 6.30. The maximum atomic E-state index is 12.3. The van der Waals surface area contributed by atoms with E-state index >= 15 is 0 Å². The van der Waals surface area contributed by atoms with Gasteiger partial charge in [0.05, 0.1) is 13.3 Å². The van der Waals surface area contributed by atoms with Gasteiger partial charge in [-0.3, -0.25) is 4.79 Å². The smallest absolute Gasteiger partial charge is 0.280 e. The molecule has 0 fully saturated rings. The number of hydrogen-bond donors (Lipinski definition) is 1. The molecule has 144 valence electrons. The van der Waals surface area contributed by atoms with E-state index in [0.717, 1.165) is 21.9 Å². The maximum Gasteiger partial charge on any atom is 0.280 e. The van der Waals surface area contributed by atoms with Gasteiger partial charge >= 0.3 is 0 Å². The number of methoxy groups -OCH3 is 1. The SMILES string of the molecule is COc1ccc2ccccc2c1C=NNC(=O)C(C)Oc1ccc(Cl)cc1C. The summed E-state index contributed by atoms with van der Waals surface area (Å²) in [6.07, 6.45) is 0.866. The van der Waals surface area contributed by atoms with Gasteiger partial charge in [-0.05, 0) is 54.4 Å². The number of nitrogens with zero attached hydrogens (tertiary/aromatic N) is 1. The fourth-order valence-electron chi connectivity index (χ4n) is 2.83. The first-order valence-corrected chi connectivity index (χ1v) is 9.19. The van der Waals surface area contributed by atoms with Crippen molar-refractivity contribution in [1.29, 1.82) is 0 Å². The highest BCUT2D eigenvalue weighted by atomic mass is 35.5. The maximum absolute atomic E-state index is 12.3. The first-order chi connectivity index (χ1) is 13.5. The Morgan fingerprint density at radius 2 is 1.89 bits per heavy atom. The molecule has 1 amide bonds. The van der Waals surface area contributed by atoms with Gasteiger partial charge in [-0.25, -0.2) is 5.43 Å². The van der Waals surface area contributed by atoms with Crippen LogP contribution in [-0.4, -0.2) is 25.3 Å². The third kappa shape index (κ3) is 4.43. The molecule has 0 aliphatic carbocycles. The van der Waals surface area contributed by atoms with Gasteiger partial charge in [0.2, 0.25) is 0 Å². The number of carbonyl (C=O) groups excluding carboxylic acids is 1. The molecular weight excluding hydrogens is 376 g/mol. The van der Waals surface area contributed by atoms with Crippen molar-refractivity contribution in [2.24, 2.45) is 5.10 Å². The molecule has 0 aromatic heterocycles. The second kappa shape index (κ2) is 8.76. The third-order valence-corrected chi connectivity index (χ3v) is 4.56. The molecule has 1 atom stereocenters. The molecule has 0 bridgehead atoms. The van der Waals surface area contributed by atoms with E-state index in [1.165, 1.54) is 0 Å². The summed E-state index contributed by atoms with van der Waals surface area (Å²) in [6, 6.07) is 17.0. The van der Waals surface area contributed by atoms with Crippen LogP contribution in [0.1, 0.15) is 18.1 Å². The number of hydrogen-bond acceptors (Lipinski definition) is 4. The molecule has 0 saturated carbocycles. The van der Waals surface area contributed by atoms with Crippen molar-refractivity contribution in [2.75, 3.05) is 7.11 Å². The van der Waals surface area contributed by atoms with E-state index in [0.29, 0.717) is 16.5 Å². The number of ether oxygens (including phenoxy) is 2. The normalized spacial score (nSPS) is 12.1. The van der Waals surface area contributed by atoms with E-state index in [1.54, 1.807) is 38.4 Å². The van der Waals surface area contributed by atoms with Crippen LogP contribution in [0.2, 0.25) is 5.02 Å². The minimum atomic E-state index is -0.716. The minimum absolute atomic E-state index is 0.357. The van der Waals surface area contributed by atoms with E-state index < -0.39 is 6.10 Å². The number of amides is 1. The van der Waals surface area contributed by atoms with Gasteiger partial charge in [-0.2, -0.15) is 5.10 Å². The van der Waals surface area contributed by atoms with Gasteiger partial charge < -0.3 is 9.47 Å². The van der Waals surface area contributed by atoms with Crippen molar-refractivity contribution in [3.63, 3.8) is 0 Å². The van der Waals surface area contributed by atoms with E-state index in [4.69, 9.17) is 21.1 Å². The Balaban J connectivity index is 1.72. The van der Waals surface area contributed by atoms with Crippen molar-refractivity contribution in [3.05, 3.63) is 70.7 Å². The largest absolute Gasteiger partial charge is 0.496 e. The standard InChI is InChI=1S/C22H21ClN2O3/c1-14-12-17(23)9-11-20(14)28-15(2)22(26)25-24-13-19-18-7-5-4-6-16(18)8-10-21(19)27-3/h4-13,15H,1-3H3,(H,25,26). The molecule has 5 nitrogen and oxygen atoms in total. The predicted molar refractivity (Wildman–Crippen MR) is 113 cm³/mol. The van der Waals surface area contributed by atoms with Gasteiger partial charge in [-0.15, -0.1) is 0 Å². The molecule has 0 spiro atoms. The van der Waals surface area contributed by atoms with Crippen LogP contribution in [0, 0.1) is 6.92 Å². The number of hydrazone groups is 1. The van der Waals surface area contributed by atoms with Gasteiger partial charge in [0.25, 0.3) is 5.91 Å². The lowest BCUT2D eigenvalue weighted by atomic mass is 10.0. The Labute approximate surface area is 168 Å². The van der Waals surface area contributed by atoms with E-state index in [-0.39, 0.29) is 5.91 Å². The monoisotopic (exact) mass is 396 g/mol. The summed E-state index contributed by atoms with van der Waals surface area (Å²) in [4.78, 5) is 12.3. The molecule has 3 rings (SSSR count). The van der Waals surface area contributed by atoms with Crippen molar-refractivity contribution < 1.29 is 14.3 Å². The molecular formula is C22H21ClN2O3. The molecule has 0 aliphatic heterocycles. The highest BCUT2D eigenvalue weighted by Crippen LogP contribution is 2.26. The Bertz CT molecular complexity index is 1030. The number of aryl methyl sites for hydroxylation is 1. The van der Waals surface area contributed by atoms with Gasteiger partial charge in [0.15, 0.2) is 6.10 Å². The molecule has 3 aromatic rings. The predicted octanol–water partition coefficient (Wildman–Crippen LogP) is 4.73. The van der Waals surface area contributed by atoms with Crippen molar-refractivity contribution in [3.8, 4) is 11.5 Å². The van der Waals surface area contributed by atoms with Crippen molar-refractivity contribution in [1.82, 2.24) is 5.43 Å². The lowest BCUT2D eigenvalue weighted by molar-refractivity contribution is -0.127. The lowest BCUT2D eigenvalue weighted by Crippen LogP contribution is -2.33. The van der Waals surface area contributed by atoms with Crippen molar-refractivity contribution in [2.45, 2.75) is 20.0 Å². The van der Waals surface area contributed by atoms with E-state index in [2.05, 4.69) is 10.5 Å². The summed E-state index contributed by atoms with van der Waals surface area (Å²) in [5, 5.41) is 6.76.